The molecule has 1 aromatic rings. The molecule has 2 rings (SSSR count). The third-order valence-electron chi connectivity index (χ3n) is 2.84. The molecule has 13 heavy (non-hydrogen) atoms. The summed E-state index contributed by atoms with van der Waals surface area (Å²) in [5, 5.41) is 0. The maximum absolute atomic E-state index is 2.50. The lowest BCUT2D eigenvalue weighted by Crippen LogP contribution is -2.24. The molecule has 0 radical (unpaired) electrons. The topological polar surface area (TPSA) is 3.24 Å². The Kier molecular flexibility index (Phi) is 2.12. The Morgan fingerprint density at radius 2 is 1.85 bits per heavy atom. The van der Waals surface area contributed by atoms with E-state index < -0.39 is 0 Å². The molecule has 0 fully saturated rings. The van der Waals surface area contributed by atoms with Crippen LogP contribution in [0.1, 0.15) is 30.5 Å². The third-order valence-corrected chi connectivity index (χ3v) is 2.84. The van der Waals surface area contributed by atoms with Crippen LogP contribution in [0.25, 0.3) is 0 Å². The van der Waals surface area contributed by atoms with E-state index in [4.69, 9.17) is 0 Å². The van der Waals surface area contributed by atoms with Gasteiger partial charge in [0.15, 0.2) is 0 Å². The zero-order chi connectivity index (χ0) is 9.42. The molecule has 70 valence electrons. The highest BCUT2D eigenvalue weighted by Crippen LogP contribution is 2.24. The second-order valence-corrected chi connectivity index (χ2v) is 4.27. The van der Waals surface area contributed by atoms with Crippen LogP contribution in [-0.2, 0) is 13.1 Å². The summed E-state index contributed by atoms with van der Waals surface area (Å²) in [5.41, 5.74) is 4.41. The maximum Gasteiger partial charge on any atom is 0.0243 e. The average Bonchev–Trinajstić information content (AvgIpc) is 2.46. The summed E-state index contributed by atoms with van der Waals surface area (Å²) in [6, 6.07) is 7.46. The van der Waals surface area contributed by atoms with Gasteiger partial charge < -0.3 is 0 Å². The summed E-state index contributed by atoms with van der Waals surface area (Å²) in [7, 11) is 0. The number of hydrogen-bond acceptors (Lipinski definition) is 1. The largest absolute Gasteiger partial charge is 0.292 e. The Balaban J connectivity index is 2.25. The quantitative estimate of drug-likeness (QED) is 0.634. The molecule has 1 aromatic carbocycles. The first-order valence-electron chi connectivity index (χ1n) is 4.99. The van der Waals surface area contributed by atoms with E-state index in [-0.39, 0.29) is 0 Å². The lowest BCUT2D eigenvalue weighted by Gasteiger charge is -2.18. The zero-order valence-electron chi connectivity index (χ0n) is 8.67. The van der Waals surface area contributed by atoms with Crippen molar-refractivity contribution >= 4 is 0 Å². The summed E-state index contributed by atoms with van der Waals surface area (Å²) in [5.74, 6) is 0. The smallest absolute Gasteiger partial charge is 0.0243 e. The monoisotopic (exact) mass is 175 g/mol. The summed E-state index contributed by atoms with van der Waals surface area (Å²) >= 11 is 0. The van der Waals surface area contributed by atoms with Gasteiger partial charge in [0.1, 0.15) is 0 Å². The summed E-state index contributed by atoms with van der Waals surface area (Å²) < 4.78 is 0. The van der Waals surface area contributed by atoms with Crippen molar-refractivity contribution in [2.75, 3.05) is 0 Å². The number of hydrogen-bond donors (Lipinski definition) is 0. The van der Waals surface area contributed by atoms with Gasteiger partial charge in [-0.1, -0.05) is 23.8 Å². The molecule has 0 spiro atoms. The Hall–Kier alpha value is -0.820. The number of benzene rings is 1. The number of nitrogens with zero attached hydrogens (tertiary/aromatic N) is 1. The molecule has 0 aromatic heterocycles. The fraction of sp³-hybridized carbons (Fsp3) is 0.500. The van der Waals surface area contributed by atoms with Crippen molar-refractivity contribution in [1.29, 1.82) is 0 Å². The van der Waals surface area contributed by atoms with Gasteiger partial charge in [-0.25, -0.2) is 0 Å². The van der Waals surface area contributed by atoms with Crippen LogP contribution in [0.5, 0.6) is 0 Å². The molecule has 1 nitrogen and oxygen atoms in total. The SMILES string of the molecule is Cc1ccc2c(c1)CN(C(C)C)C2. The van der Waals surface area contributed by atoms with Crippen LogP contribution in [0.3, 0.4) is 0 Å². The van der Waals surface area contributed by atoms with Crippen LogP contribution in [0.4, 0.5) is 0 Å². The van der Waals surface area contributed by atoms with Crippen LogP contribution >= 0.6 is 0 Å². The minimum Gasteiger partial charge on any atom is -0.292 e. The van der Waals surface area contributed by atoms with Crippen molar-refractivity contribution in [3.8, 4) is 0 Å². The van der Waals surface area contributed by atoms with Crippen LogP contribution in [0.15, 0.2) is 18.2 Å². The van der Waals surface area contributed by atoms with Gasteiger partial charge in [0.05, 0.1) is 0 Å². The number of aryl methyl sites for hydroxylation is 1. The van der Waals surface area contributed by atoms with Gasteiger partial charge in [-0.2, -0.15) is 0 Å². The predicted molar refractivity (Wildman–Crippen MR) is 55.6 cm³/mol. The van der Waals surface area contributed by atoms with Gasteiger partial charge in [-0.3, -0.25) is 4.90 Å². The lowest BCUT2D eigenvalue weighted by molar-refractivity contribution is 0.227. The summed E-state index contributed by atoms with van der Waals surface area (Å²) in [4.78, 5) is 2.50. The molecule has 0 amide bonds. The first kappa shape index (κ1) is 8.76. The fourth-order valence-corrected chi connectivity index (χ4v) is 1.91. The molecule has 1 aliphatic heterocycles. The standard InChI is InChI=1S/C12H17N/c1-9(2)13-7-11-5-4-10(3)6-12(11)8-13/h4-6,9H,7-8H2,1-3H3. The predicted octanol–water partition coefficient (Wildman–Crippen LogP) is 2.72. The van der Waals surface area contributed by atoms with Gasteiger partial charge in [0.2, 0.25) is 0 Å². The molecular weight excluding hydrogens is 158 g/mol. The summed E-state index contributed by atoms with van der Waals surface area (Å²) in [6.45, 7) is 8.96. The fourth-order valence-electron chi connectivity index (χ4n) is 1.91. The molecule has 0 saturated heterocycles. The molecule has 0 unspecified atom stereocenters. The van der Waals surface area contributed by atoms with E-state index >= 15 is 0 Å². The van der Waals surface area contributed by atoms with Crippen molar-refractivity contribution < 1.29 is 0 Å². The molecule has 1 aliphatic rings. The van der Waals surface area contributed by atoms with E-state index in [1.54, 1.807) is 0 Å². The Labute approximate surface area is 80.4 Å². The zero-order valence-corrected chi connectivity index (χ0v) is 8.67. The van der Waals surface area contributed by atoms with Gasteiger partial charge >= 0.3 is 0 Å². The van der Waals surface area contributed by atoms with Crippen LogP contribution < -0.4 is 0 Å². The first-order valence-corrected chi connectivity index (χ1v) is 4.99. The van der Waals surface area contributed by atoms with Crippen LogP contribution in [0, 0.1) is 6.92 Å². The van der Waals surface area contributed by atoms with Crippen molar-refractivity contribution in [2.45, 2.75) is 39.9 Å². The highest BCUT2D eigenvalue weighted by Gasteiger charge is 2.20. The van der Waals surface area contributed by atoms with Crippen molar-refractivity contribution in [2.24, 2.45) is 0 Å². The Bertz CT molecular complexity index is 315. The molecule has 0 saturated carbocycles. The average molecular weight is 175 g/mol. The van der Waals surface area contributed by atoms with Crippen LogP contribution in [-0.4, -0.2) is 10.9 Å². The molecule has 1 heteroatoms. The maximum atomic E-state index is 2.50. The van der Waals surface area contributed by atoms with Crippen molar-refractivity contribution in [3.05, 3.63) is 34.9 Å². The van der Waals surface area contributed by atoms with Crippen molar-refractivity contribution in [1.82, 2.24) is 4.90 Å². The second kappa shape index (κ2) is 3.15. The van der Waals surface area contributed by atoms with Gasteiger partial charge in [0, 0.05) is 19.1 Å². The lowest BCUT2D eigenvalue weighted by atomic mass is 10.1. The minimum absolute atomic E-state index is 0.660. The summed E-state index contributed by atoms with van der Waals surface area (Å²) in [6.07, 6.45) is 0. The molecule has 0 N–H and O–H groups in total. The first-order chi connectivity index (χ1) is 6.16. The van der Waals surface area contributed by atoms with E-state index in [2.05, 4.69) is 43.9 Å². The van der Waals surface area contributed by atoms with Crippen molar-refractivity contribution in [3.63, 3.8) is 0 Å². The van der Waals surface area contributed by atoms with E-state index in [1.807, 2.05) is 0 Å². The highest BCUT2D eigenvalue weighted by atomic mass is 15.2. The molecular formula is C12H17N. The second-order valence-electron chi connectivity index (χ2n) is 4.27. The number of rotatable bonds is 1. The minimum atomic E-state index is 0.660. The number of fused-ring (bicyclic) bond motifs is 1. The van der Waals surface area contributed by atoms with E-state index in [1.165, 1.54) is 16.7 Å². The third kappa shape index (κ3) is 1.61. The van der Waals surface area contributed by atoms with Gasteiger partial charge in [0.25, 0.3) is 0 Å². The van der Waals surface area contributed by atoms with E-state index in [9.17, 15) is 0 Å². The Morgan fingerprint density at radius 3 is 2.54 bits per heavy atom. The molecule has 0 atom stereocenters. The van der Waals surface area contributed by atoms with Crippen LogP contribution in [0.2, 0.25) is 0 Å². The molecule has 1 heterocycles. The van der Waals surface area contributed by atoms with Gasteiger partial charge in [-0.15, -0.1) is 0 Å². The normalized spacial score (nSPS) is 16.6. The van der Waals surface area contributed by atoms with Gasteiger partial charge in [-0.05, 0) is 31.9 Å². The highest BCUT2D eigenvalue weighted by molar-refractivity contribution is 5.34. The van der Waals surface area contributed by atoms with E-state index in [0.29, 0.717) is 6.04 Å². The van der Waals surface area contributed by atoms with E-state index in [0.717, 1.165) is 13.1 Å². The molecule has 0 bridgehead atoms. The Morgan fingerprint density at radius 1 is 1.15 bits per heavy atom. The molecule has 0 aliphatic carbocycles.